The minimum absolute atomic E-state index is 0.0583. The summed E-state index contributed by atoms with van der Waals surface area (Å²) in [6.07, 6.45) is 0.283. The van der Waals surface area contributed by atoms with E-state index in [0.717, 1.165) is 0 Å². The number of pyridine rings is 1. The molecule has 0 aliphatic rings. The van der Waals surface area contributed by atoms with Crippen molar-refractivity contribution in [2.24, 2.45) is 0 Å². The highest BCUT2D eigenvalue weighted by Crippen LogP contribution is 2.16. The number of carbonyl (C=O) groups is 3. The van der Waals surface area contributed by atoms with Gasteiger partial charge in [0.05, 0.1) is 24.1 Å². The molecule has 0 saturated carbocycles. The summed E-state index contributed by atoms with van der Waals surface area (Å²) in [5.41, 5.74) is 0.363. The lowest BCUT2D eigenvalue weighted by molar-refractivity contribution is -0.153. The van der Waals surface area contributed by atoms with Gasteiger partial charge in [0.15, 0.2) is 6.10 Å². The number of esters is 1. The number of ether oxygens (including phenoxy) is 2. The van der Waals surface area contributed by atoms with Gasteiger partial charge >= 0.3 is 5.97 Å². The summed E-state index contributed by atoms with van der Waals surface area (Å²) >= 11 is 5.72. The van der Waals surface area contributed by atoms with Crippen molar-refractivity contribution >= 4 is 35.2 Å². The van der Waals surface area contributed by atoms with E-state index in [9.17, 15) is 14.4 Å². The van der Waals surface area contributed by atoms with Crippen LogP contribution in [0, 0.1) is 0 Å². The van der Waals surface area contributed by atoms with E-state index in [0.29, 0.717) is 22.2 Å². The van der Waals surface area contributed by atoms with Crippen LogP contribution in [0.25, 0.3) is 0 Å². The number of rotatable bonds is 8. The Morgan fingerprint density at radius 2 is 1.93 bits per heavy atom. The van der Waals surface area contributed by atoms with Gasteiger partial charge in [-0.25, -0.2) is 4.98 Å². The van der Waals surface area contributed by atoms with E-state index in [-0.39, 0.29) is 18.9 Å². The maximum absolute atomic E-state index is 12.1. The Kier molecular flexibility index (Phi) is 7.76. The predicted octanol–water partition coefficient (Wildman–Crippen LogP) is 2.43. The molecule has 0 unspecified atom stereocenters. The Labute approximate surface area is 167 Å². The highest BCUT2D eigenvalue weighted by atomic mass is 35.5. The van der Waals surface area contributed by atoms with Crippen molar-refractivity contribution < 1.29 is 23.9 Å². The zero-order valence-corrected chi connectivity index (χ0v) is 16.2. The van der Waals surface area contributed by atoms with Crippen LogP contribution in [-0.2, 0) is 14.3 Å². The fourth-order valence-corrected chi connectivity index (χ4v) is 2.30. The van der Waals surface area contributed by atoms with Gasteiger partial charge in [-0.15, -0.1) is 0 Å². The average molecular weight is 406 g/mol. The number of hydrogen-bond donors (Lipinski definition) is 2. The molecule has 1 aromatic heterocycles. The van der Waals surface area contributed by atoms with Crippen molar-refractivity contribution in [2.75, 3.05) is 19.0 Å². The molecule has 1 aromatic carbocycles. The number of nitrogens with zero attached hydrogens (tertiary/aromatic N) is 1. The summed E-state index contributed by atoms with van der Waals surface area (Å²) in [6, 6.07) is 9.84. The number of benzene rings is 1. The third-order valence-corrected chi connectivity index (χ3v) is 3.85. The number of methoxy groups -OCH3 is 1. The Morgan fingerprint density at radius 3 is 2.61 bits per heavy atom. The van der Waals surface area contributed by atoms with E-state index >= 15 is 0 Å². The number of amides is 2. The highest BCUT2D eigenvalue weighted by molar-refractivity contribution is 6.30. The van der Waals surface area contributed by atoms with E-state index in [1.54, 1.807) is 30.3 Å². The molecule has 8 nitrogen and oxygen atoms in total. The van der Waals surface area contributed by atoms with Crippen molar-refractivity contribution in [3.8, 4) is 5.75 Å². The van der Waals surface area contributed by atoms with Gasteiger partial charge in [0.1, 0.15) is 11.6 Å². The zero-order valence-electron chi connectivity index (χ0n) is 15.4. The maximum Gasteiger partial charge on any atom is 0.308 e. The van der Waals surface area contributed by atoms with E-state index in [4.69, 9.17) is 21.1 Å². The Hall–Kier alpha value is -3.13. The molecule has 2 N–H and O–H groups in total. The van der Waals surface area contributed by atoms with Crippen LogP contribution >= 0.6 is 11.6 Å². The second kappa shape index (κ2) is 10.3. The molecule has 2 aromatic rings. The van der Waals surface area contributed by atoms with Crippen molar-refractivity contribution in [3.63, 3.8) is 0 Å². The summed E-state index contributed by atoms with van der Waals surface area (Å²) in [5.74, 6) is -0.789. The Bertz CT molecular complexity index is 842. The quantitative estimate of drug-likeness (QED) is 0.653. The normalized spacial score (nSPS) is 11.2. The van der Waals surface area contributed by atoms with Crippen molar-refractivity contribution in [1.82, 2.24) is 10.3 Å². The molecule has 0 saturated heterocycles. The first kappa shape index (κ1) is 21.2. The molecule has 1 heterocycles. The molecule has 0 aliphatic heterocycles. The molecule has 0 fully saturated rings. The van der Waals surface area contributed by atoms with E-state index < -0.39 is 18.0 Å². The van der Waals surface area contributed by atoms with Gasteiger partial charge in [0.25, 0.3) is 11.8 Å². The minimum Gasteiger partial charge on any atom is -0.496 e. The van der Waals surface area contributed by atoms with Crippen LogP contribution in [0.3, 0.4) is 0 Å². The monoisotopic (exact) mass is 405 g/mol. The number of aromatic nitrogens is 1. The Balaban J connectivity index is 1.76. The lowest BCUT2D eigenvalue weighted by Crippen LogP contribution is -2.32. The predicted molar refractivity (Wildman–Crippen MR) is 103 cm³/mol. The molecule has 9 heteroatoms. The van der Waals surface area contributed by atoms with Crippen LogP contribution in [0.1, 0.15) is 23.7 Å². The number of halogens is 1. The van der Waals surface area contributed by atoms with Gasteiger partial charge in [0.2, 0.25) is 0 Å². The number of carbonyl (C=O) groups excluding carboxylic acids is 3. The topological polar surface area (TPSA) is 107 Å². The van der Waals surface area contributed by atoms with Crippen LogP contribution in [0.15, 0.2) is 42.6 Å². The first-order chi connectivity index (χ1) is 13.4. The molecule has 0 radical (unpaired) electrons. The molecule has 2 rings (SSSR count). The van der Waals surface area contributed by atoms with E-state index in [2.05, 4.69) is 15.6 Å². The summed E-state index contributed by atoms with van der Waals surface area (Å²) in [5, 5.41) is 5.56. The average Bonchev–Trinajstić information content (AvgIpc) is 2.69. The number of hydrogen-bond acceptors (Lipinski definition) is 6. The van der Waals surface area contributed by atoms with Gasteiger partial charge in [0, 0.05) is 12.7 Å². The largest absolute Gasteiger partial charge is 0.496 e. The van der Waals surface area contributed by atoms with Crippen LogP contribution in [0.5, 0.6) is 5.75 Å². The first-order valence-corrected chi connectivity index (χ1v) is 8.81. The molecule has 28 heavy (non-hydrogen) atoms. The minimum atomic E-state index is -1.02. The van der Waals surface area contributed by atoms with Crippen molar-refractivity contribution in [3.05, 3.63) is 53.2 Å². The lowest BCUT2D eigenvalue weighted by Gasteiger charge is -2.13. The van der Waals surface area contributed by atoms with Gasteiger partial charge < -0.3 is 20.1 Å². The van der Waals surface area contributed by atoms with E-state index in [1.807, 2.05) is 0 Å². The molecule has 0 bridgehead atoms. The number of para-hydroxylation sites is 1. The summed E-state index contributed by atoms with van der Waals surface area (Å²) in [7, 11) is 1.47. The number of anilines is 1. The second-order valence-corrected chi connectivity index (χ2v) is 6.13. The van der Waals surface area contributed by atoms with Crippen molar-refractivity contribution in [1.29, 1.82) is 0 Å². The van der Waals surface area contributed by atoms with Gasteiger partial charge in [-0.2, -0.15) is 0 Å². The SMILES string of the molecule is COc1ccccc1C(=O)NCCC(=O)O[C@H](C)C(=O)Nc1ccc(Cl)cn1. The smallest absolute Gasteiger partial charge is 0.308 e. The summed E-state index contributed by atoms with van der Waals surface area (Å²) in [6.45, 7) is 1.50. The first-order valence-electron chi connectivity index (χ1n) is 8.44. The van der Waals surface area contributed by atoms with Crippen LogP contribution in [0.4, 0.5) is 5.82 Å². The van der Waals surface area contributed by atoms with Crippen LogP contribution in [0.2, 0.25) is 5.02 Å². The molecule has 0 aliphatic carbocycles. The molecule has 1 atom stereocenters. The zero-order chi connectivity index (χ0) is 20.5. The van der Waals surface area contributed by atoms with Gasteiger partial charge in [-0.3, -0.25) is 14.4 Å². The fourth-order valence-electron chi connectivity index (χ4n) is 2.19. The highest BCUT2D eigenvalue weighted by Gasteiger charge is 2.19. The fraction of sp³-hybridized carbons (Fsp3) is 0.263. The summed E-state index contributed by atoms with van der Waals surface area (Å²) < 4.78 is 10.2. The maximum atomic E-state index is 12.1. The van der Waals surface area contributed by atoms with Crippen molar-refractivity contribution in [2.45, 2.75) is 19.4 Å². The van der Waals surface area contributed by atoms with Crippen LogP contribution in [-0.4, -0.2) is 42.5 Å². The Morgan fingerprint density at radius 1 is 1.18 bits per heavy atom. The van der Waals surface area contributed by atoms with E-state index in [1.165, 1.54) is 26.3 Å². The van der Waals surface area contributed by atoms with Gasteiger partial charge in [-0.05, 0) is 31.2 Å². The number of nitrogens with one attached hydrogen (secondary N) is 2. The molecular formula is C19H20ClN3O5. The van der Waals surface area contributed by atoms with Crippen LogP contribution < -0.4 is 15.4 Å². The third-order valence-electron chi connectivity index (χ3n) is 3.62. The second-order valence-electron chi connectivity index (χ2n) is 5.69. The molecule has 2 amide bonds. The summed E-state index contributed by atoms with van der Waals surface area (Å²) in [4.78, 5) is 40.0. The third kappa shape index (κ3) is 6.24. The lowest BCUT2D eigenvalue weighted by atomic mass is 10.2. The standard InChI is InChI=1S/C19H20ClN3O5/c1-12(18(25)23-16-8-7-13(20)11-22-16)28-17(24)9-10-21-19(26)14-5-3-4-6-15(14)27-2/h3-8,11-12H,9-10H2,1-2H3,(H,21,26)(H,22,23,25)/t12-/m1/s1. The molecule has 0 spiro atoms. The molecular weight excluding hydrogens is 386 g/mol. The van der Waals surface area contributed by atoms with Gasteiger partial charge in [-0.1, -0.05) is 23.7 Å². The molecule has 148 valence electrons.